The number of aryl methyl sites for hydroxylation is 1. The minimum atomic E-state index is -0.570. The quantitative estimate of drug-likeness (QED) is 0.360. The lowest BCUT2D eigenvalue weighted by molar-refractivity contribution is 0.218. The maximum atomic E-state index is 6.40. The molecule has 0 amide bonds. The molecule has 0 saturated heterocycles. The number of hydrogen-bond acceptors (Lipinski definition) is 8. The van der Waals surface area contributed by atoms with E-state index in [0.29, 0.717) is 28.2 Å². The molecule has 0 aliphatic carbocycles. The Hall–Kier alpha value is -3.78. The lowest BCUT2D eigenvalue weighted by Crippen LogP contribution is -2.18. The molecule has 1 aliphatic rings. The molecule has 1 aromatic heterocycles. The zero-order valence-electron chi connectivity index (χ0n) is 19.1. The fourth-order valence-electron chi connectivity index (χ4n) is 3.80. The Morgan fingerprint density at radius 1 is 0.941 bits per heavy atom. The van der Waals surface area contributed by atoms with Crippen molar-refractivity contribution < 1.29 is 14.2 Å². The molecule has 0 saturated carbocycles. The van der Waals surface area contributed by atoms with Crippen LogP contribution in [-0.2, 0) is 5.75 Å². The van der Waals surface area contributed by atoms with Crippen LogP contribution in [0.15, 0.2) is 71.9 Å². The molecule has 0 spiro atoms. The SMILES string of the molecule is COc1cccc([C@@H]2Nc3ccccc3-c3nnc(SCc4ccc(C)cc4)nc3O2)c1OC. The van der Waals surface area contributed by atoms with E-state index in [1.165, 1.54) is 22.9 Å². The van der Waals surface area contributed by atoms with Gasteiger partial charge in [0.2, 0.25) is 17.3 Å². The molecule has 0 radical (unpaired) electrons. The van der Waals surface area contributed by atoms with Gasteiger partial charge < -0.3 is 19.5 Å². The second-order valence-corrected chi connectivity index (χ2v) is 8.74. The monoisotopic (exact) mass is 472 g/mol. The van der Waals surface area contributed by atoms with E-state index in [9.17, 15) is 0 Å². The molecule has 1 atom stereocenters. The number of rotatable bonds is 6. The third kappa shape index (κ3) is 4.36. The maximum Gasteiger partial charge on any atom is 0.247 e. The first kappa shape index (κ1) is 22.0. The average Bonchev–Trinajstić information content (AvgIpc) is 3.04. The highest BCUT2D eigenvalue weighted by Gasteiger charge is 2.28. The summed E-state index contributed by atoms with van der Waals surface area (Å²) >= 11 is 1.52. The van der Waals surface area contributed by atoms with Crippen LogP contribution in [0, 0.1) is 6.92 Å². The van der Waals surface area contributed by atoms with E-state index >= 15 is 0 Å². The molecular weight excluding hydrogens is 448 g/mol. The Morgan fingerprint density at radius 2 is 1.76 bits per heavy atom. The number of thioether (sulfide) groups is 1. The normalized spacial score (nSPS) is 14.1. The third-order valence-electron chi connectivity index (χ3n) is 5.54. The van der Waals surface area contributed by atoms with Crippen molar-refractivity contribution >= 4 is 17.4 Å². The standard InChI is InChI=1S/C26H24N4O3S/c1-16-11-13-17(14-12-16)15-34-26-28-25-22(29-30-26)18-7-4-5-9-20(18)27-24(33-25)19-8-6-10-21(31-2)23(19)32-3/h4-14,24,27H,15H2,1-3H3/t24-/m1/s1. The first-order valence-corrected chi connectivity index (χ1v) is 11.8. The Labute approximate surface area is 202 Å². The zero-order chi connectivity index (χ0) is 23.5. The molecule has 1 aliphatic heterocycles. The van der Waals surface area contributed by atoms with Crippen LogP contribution in [0.2, 0.25) is 0 Å². The molecule has 34 heavy (non-hydrogen) atoms. The van der Waals surface area contributed by atoms with Crippen LogP contribution in [0.4, 0.5) is 5.69 Å². The van der Waals surface area contributed by atoms with Crippen molar-refractivity contribution in [3.05, 3.63) is 83.4 Å². The topological polar surface area (TPSA) is 78.4 Å². The van der Waals surface area contributed by atoms with Crippen LogP contribution in [0.1, 0.15) is 22.9 Å². The number of nitrogens with one attached hydrogen (secondary N) is 1. The van der Waals surface area contributed by atoms with E-state index in [4.69, 9.17) is 19.2 Å². The molecule has 3 aromatic carbocycles. The number of anilines is 1. The lowest BCUT2D eigenvalue weighted by atomic mass is 10.1. The summed E-state index contributed by atoms with van der Waals surface area (Å²) in [4.78, 5) is 4.73. The molecule has 0 fully saturated rings. The molecule has 0 bridgehead atoms. The molecule has 5 rings (SSSR count). The van der Waals surface area contributed by atoms with E-state index < -0.39 is 6.23 Å². The van der Waals surface area contributed by atoms with Crippen LogP contribution in [0.3, 0.4) is 0 Å². The molecular formula is C26H24N4O3S. The molecule has 4 aromatic rings. The Balaban J connectivity index is 1.51. The van der Waals surface area contributed by atoms with Gasteiger partial charge in [-0.3, -0.25) is 0 Å². The minimum absolute atomic E-state index is 0.411. The maximum absolute atomic E-state index is 6.40. The first-order chi connectivity index (χ1) is 16.7. The van der Waals surface area contributed by atoms with Gasteiger partial charge in [-0.15, -0.1) is 10.2 Å². The van der Waals surface area contributed by atoms with Crippen molar-refractivity contribution in [1.29, 1.82) is 0 Å². The highest BCUT2D eigenvalue weighted by molar-refractivity contribution is 7.98. The van der Waals surface area contributed by atoms with Crippen molar-refractivity contribution in [3.8, 4) is 28.6 Å². The molecule has 1 N–H and O–H groups in total. The van der Waals surface area contributed by atoms with Crippen molar-refractivity contribution in [3.63, 3.8) is 0 Å². The largest absolute Gasteiger partial charge is 0.493 e. The zero-order valence-corrected chi connectivity index (χ0v) is 19.9. The van der Waals surface area contributed by atoms with Gasteiger partial charge in [0, 0.05) is 17.0 Å². The summed E-state index contributed by atoms with van der Waals surface area (Å²) in [5.74, 6) is 2.37. The van der Waals surface area contributed by atoms with Crippen molar-refractivity contribution in [2.75, 3.05) is 19.5 Å². The third-order valence-corrected chi connectivity index (χ3v) is 6.45. The second kappa shape index (κ2) is 9.61. The first-order valence-electron chi connectivity index (χ1n) is 10.8. The Morgan fingerprint density at radius 3 is 2.56 bits per heavy atom. The van der Waals surface area contributed by atoms with Crippen molar-refractivity contribution in [1.82, 2.24) is 15.2 Å². The fraction of sp³-hybridized carbons (Fsp3) is 0.192. The number of ether oxygens (including phenoxy) is 3. The van der Waals surface area contributed by atoms with Gasteiger partial charge in [0.25, 0.3) is 0 Å². The summed E-state index contributed by atoms with van der Waals surface area (Å²) in [7, 11) is 3.23. The molecule has 2 heterocycles. The van der Waals surface area contributed by atoms with Gasteiger partial charge in [-0.2, -0.15) is 4.98 Å². The van der Waals surface area contributed by atoms with E-state index in [2.05, 4.69) is 46.7 Å². The number of aromatic nitrogens is 3. The lowest BCUT2D eigenvalue weighted by Gasteiger charge is -2.22. The van der Waals surface area contributed by atoms with Gasteiger partial charge in [-0.25, -0.2) is 0 Å². The Bertz CT molecular complexity index is 1310. The predicted octanol–water partition coefficient (Wildman–Crippen LogP) is 5.66. The molecule has 0 unspecified atom stereocenters. The number of fused-ring (bicyclic) bond motifs is 3. The van der Waals surface area contributed by atoms with Crippen LogP contribution < -0.4 is 19.5 Å². The number of nitrogens with zero attached hydrogens (tertiary/aromatic N) is 3. The van der Waals surface area contributed by atoms with Gasteiger partial charge in [0.1, 0.15) is 0 Å². The van der Waals surface area contributed by atoms with Gasteiger partial charge in [0.15, 0.2) is 17.2 Å². The highest BCUT2D eigenvalue weighted by Crippen LogP contribution is 2.43. The van der Waals surface area contributed by atoms with Gasteiger partial charge >= 0.3 is 0 Å². The van der Waals surface area contributed by atoms with Gasteiger partial charge in [-0.05, 0) is 30.7 Å². The molecule has 7 nitrogen and oxygen atoms in total. The smallest absolute Gasteiger partial charge is 0.247 e. The predicted molar refractivity (Wildman–Crippen MR) is 133 cm³/mol. The minimum Gasteiger partial charge on any atom is -0.493 e. The van der Waals surface area contributed by atoms with Crippen molar-refractivity contribution in [2.45, 2.75) is 24.1 Å². The second-order valence-electron chi connectivity index (χ2n) is 7.79. The number of benzene rings is 3. The summed E-state index contributed by atoms with van der Waals surface area (Å²) in [6.45, 7) is 2.08. The molecule has 8 heteroatoms. The van der Waals surface area contributed by atoms with E-state index in [0.717, 1.165) is 22.6 Å². The average molecular weight is 473 g/mol. The summed E-state index contributed by atoms with van der Waals surface area (Å²) in [6.07, 6.45) is -0.570. The van der Waals surface area contributed by atoms with Crippen molar-refractivity contribution in [2.24, 2.45) is 0 Å². The summed E-state index contributed by atoms with van der Waals surface area (Å²) < 4.78 is 17.6. The fourth-order valence-corrected chi connectivity index (χ4v) is 4.53. The van der Waals surface area contributed by atoms with Gasteiger partial charge in [-0.1, -0.05) is 65.9 Å². The number of hydrogen-bond donors (Lipinski definition) is 1. The van der Waals surface area contributed by atoms with Crippen LogP contribution in [0.5, 0.6) is 17.4 Å². The summed E-state index contributed by atoms with van der Waals surface area (Å²) in [5, 5.41) is 12.9. The van der Waals surface area contributed by atoms with Crippen LogP contribution in [0.25, 0.3) is 11.3 Å². The van der Waals surface area contributed by atoms with E-state index in [1.54, 1.807) is 14.2 Å². The van der Waals surface area contributed by atoms with E-state index in [-0.39, 0.29) is 0 Å². The number of para-hydroxylation sites is 2. The molecule has 172 valence electrons. The van der Waals surface area contributed by atoms with Crippen LogP contribution in [-0.4, -0.2) is 29.4 Å². The highest BCUT2D eigenvalue weighted by atomic mass is 32.2. The Kier molecular flexibility index (Phi) is 6.22. The summed E-state index contributed by atoms with van der Waals surface area (Å²) in [6, 6.07) is 22.0. The van der Waals surface area contributed by atoms with Gasteiger partial charge in [0.05, 0.1) is 19.8 Å². The summed E-state index contributed by atoms with van der Waals surface area (Å²) in [5.41, 5.74) is 5.55. The van der Waals surface area contributed by atoms with Crippen LogP contribution >= 0.6 is 11.8 Å². The van der Waals surface area contributed by atoms with E-state index in [1.807, 2.05) is 42.5 Å². The number of methoxy groups -OCH3 is 2.